The lowest BCUT2D eigenvalue weighted by atomic mass is 10.1. The quantitative estimate of drug-likeness (QED) is 0.809. The molecule has 0 N–H and O–H groups in total. The number of amides is 2. The molecule has 0 aromatic carbocycles. The van der Waals surface area contributed by atoms with Gasteiger partial charge in [0.15, 0.2) is 0 Å². The van der Waals surface area contributed by atoms with E-state index in [9.17, 15) is 9.59 Å². The van der Waals surface area contributed by atoms with Gasteiger partial charge >= 0.3 is 0 Å². The minimum atomic E-state index is 0.0405. The van der Waals surface area contributed by atoms with Gasteiger partial charge in [0, 0.05) is 45.1 Å². The lowest BCUT2D eigenvalue weighted by Gasteiger charge is -2.34. The molecule has 0 bridgehead atoms. The Bertz CT molecular complexity index is 758. The molecule has 1 fully saturated rings. The predicted molar refractivity (Wildman–Crippen MR) is 89.9 cm³/mol. The molecule has 0 spiro atoms. The van der Waals surface area contributed by atoms with E-state index in [4.69, 9.17) is 0 Å². The molecular weight excluding hydrogens is 320 g/mol. The number of nitrogens with zero attached hydrogens (tertiary/aromatic N) is 6. The van der Waals surface area contributed by atoms with Gasteiger partial charge in [-0.3, -0.25) is 19.0 Å². The highest BCUT2D eigenvalue weighted by molar-refractivity contribution is 5.95. The van der Waals surface area contributed by atoms with Gasteiger partial charge in [-0.15, -0.1) is 0 Å². The van der Waals surface area contributed by atoms with E-state index in [1.807, 2.05) is 9.58 Å². The summed E-state index contributed by atoms with van der Waals surface area (Å²) in [5.74, 6) is 0.0843. The van der Waals surface area contributed by atoms with Crippen LogP contribution in [0, 0.1) is 0 Å². The Morgan fingerprint density at radius 3 is 2.56 bits per heavy atom. The summed E-state index contributed by atoms with van der Waals surface area (Å²) in [5, 5.41) is 8.42. The first-order chi connectivity index (χ1) is 12.2. The number of piperazine rings is 1. The maximum Gasteiger partial charge on any atom is 0.257 e. The van der Waals surface area contributed by atoms with Gasteiger partial charge in [-0.2, -0.15) is 10.2 Å². The Morgan fingerprint density at radius 1 is 1.00 bits per heavy atom. The first-order valence-corrected chi connectivity index (χ1v) is 8.81. The number of carbonyl (C=O) groups is 2. The van der Waals surface area contributed by atoms with Crippen molar-refractivity contribution in [2.24, 2.45) is 0 Å². The fraction of sp³-hybridized carbons (Fsp3) is 0.529. The summed E-state index contributed by atoms with van der Waals surface area (Å²) < 4.78 is 3.58. The third kappa shape index (κ3) is 3.16. The zero-order chi connectivity index (χ0) is 17.2. The van der Waals surface area contributed by atoms with Crippen molar-refractivity contribution in [1.82, 2.24) is 29.4 Å². The molecule has 0 atom stereocenters. The average molecular weight is 342 g/mol. The molecule has 0 radical (unpaired) electrons. The molecule has 0 saturated carbocycles. The number of carbonyl (C=O) groups excluding carboxylic acids is 2. The van der Waals surface area contributed by atoms with E-state index in [-0.39, 0.29) is 18.4 Å². The van der Waals surface area contributed by atoms with Crippen LogP contribution >= 0.6 is 0 Å². The molecule has 1 saturated heterocycles. The summed E-state index contributed by atoms with van der Waals surface area (Å²) in [6.45, 7) is 3.41. The van der Waals surface area contributed by atoms with Gasteiger partial charge < -0.3 is 9.80 Å². The van der Waals surface area contributed by atoms with Crippen LogP contribution < -0.4 is 0 Å². The van der Waals surface area contributed by atoms with Crippen molar-refractivity contribution >= 4 is 11.8 Å². The van der Waals surface area contributed by atoms with Gasteiger partial charge in [0.25, 0.3) is 5.91 Å². The van der Waals surface area contributed by atoms with Crippen LogP contribution in [0.1, 0.15) is 28.9 Å². The highest BCUT2D eigenvalue weighted by Crippen LogP contribution is 2.20. The molecule has 2 amide bonds. The summed E-state index contributed by atoms with van der Waals surface area (Å²) >= 11 is 0. The minimum absolute atomic E-state index is 0.0405. The van der Waals surface area contributed by atoms with Crippen molar-refractivity contribution < 1.29 is 9.59 Å². The molecule has 8 nitrogen and oxygen atoms in total. The second-order valence-corrected chi connectivity index (χ2v) is 6.56. The second kappa shape index (κ2) is 6.70. The summed E-state index contributed by atoms with van der Waals surface area (Å²) in [7, 11) is 0. The highest BCUT2D eigenvalue weighted by atomic mass is 16.2. The van der Waals surface area contributed by atoms with E-state index >= 15 is 0 Å². The third-order valence-corrected chi connectivity index (χ3v) is 4.99. The largest absolute Gasteiger partial charge is 0.338 e. The van der Waals surface area contributed by atoms with Crippen molar-refractivity contribution in [3.05, 3.63) is 35.9 Å². The van der Waals surface area contributed by atoms with Crippen LogP contribution in [0.25, 0.3) is 0 Å². The molecule has 25 heavy (non-hydrogen) atoms. The van der Waals surface area contributed by atoms with Crippen LogP contribution in [0.2, 0.25) is 0 Å². The molecule has 4 heterocycles. The first-order valence-electron chi connectivity index (χ1n) is 8.81. The van der Waals surface area contributed by atoms with Crippen molar-refractivity contribution in [2.75, 3.05) is 26.2 Å². The number of rotatable bonds is 3. The molecule has 132 valence electrons. The van der Waals surface area contributed by atoms with Gasteiger partial charge in [0.1, 0.15) is 6.54 Å². The molecular formula is C17H22N6O2. The number of aromatic nitrogens is 4. The van der Waals surface area contributed by atoms with E-state index in [1.165, 1.54) is 0 Å². The van der Waals surface area contributed by atoms with Crippen molar-refractivity contribution in [2.45, 2.75) is 32.4 Å². The average Bonchev–Trinajstić information content (AvgIpc) is 3.31. The van der Waals surface area contributed by atoms with Crippen molar-refractivity contribution in [3.63, 3.8) is 0 Å². The van der Waals surface area contributed by atoms with Gasteiger partial charge in [-0.25, -0.2) is 0 Å². The lowest BCUT2D eigenvalue weighted by molar-refractivity contribution is -0.133. The Labute approximate surface area is 146 Å². The number of aryl methyl sites for hydroxylation is 1. The fourth-order valence-corrected chi connectivity index (χ4v) is 3.56. The zero-order valence-electron chi connectivity index (χ0n) is 14.2. The van der Waals surface area contributed by atoms with E-state index in [1.54, 1.807) is 34.2 Å². The Morgan fingerprint density at radius 2 is 1.80 bits per heavy atom. The maximum atomic E-state index is 12.8. The van der Waals surface area contributed by atoms with Crippen LogP contribution in [0.5, 0.6) is 0 Å². The van der Waals surface area contributed by atoms with Gasteiger partial charge in [-0.05, 0) is 25.3 Å². The van der Waals surface area contributed by atoms with Gasteiger partial charge in [0.2, 0.25) is 5.91 Å². The Kier molecular flexibility index (Phi) is 4.25. The first kappa shape index (κ1) is 15.9. The highest BCUT2D eigenvalue weighted by Gasteiger charge is 2.28. The summed E-state index contributed by atoms with van der Waals surface area (Å²) in [6.07, 6.45) is 8.31. The molecule has 0 unspecified atom stereocenters. The van der Waals surface area contributed by atoms with Crippen molar-refractivity contribution in [1.29, 1.82) is 0 Å². The fourth-order valence-electron chi connectivity index (χ4n) is 3.56. The summed E-state index contributed by atoms with van der Waals surface area (Å²) in [4.78, 5) is 28.8. The molecule has 2 aliphatic heterocycles. The monoisotopic (exact) mass is 342 g/mol. The van der Waals surface area contributed by atoms with E-state index in [2.05, 4.69) is 10.2 Å². The topological polar surface area (TPSA) is 76.3 Å². The third-order valence-electron chi connectivity index (χ3n) is 4.99. The van der Waals surface area contributed by atoms with Crippen LogP contribution in [0.15, 0.2) is 24.7 Å². The number of hydrogen-bond donors (Lipinski definition) is 0. The second-order valence-electron chi connectivity index (χ2n) is 6.56. The maximum absolute atomic E-state index is 12.8. The molecule has 2 aliphatic rings. The Balaban J connectivity index is 1.36. The zero-order valence-corrected chi connectivity index (χ0v) is 14.2. The molecule has 4 rings (SSSR count). The normalized spacial score (nSPS) is 17.4. The lowest BCUT2D eigenvalue weighted by Crippen LogP contribution is -2.51. The molecule has 2 aromatic heterocycles. The number of fused-ring (bicyclic) bond motifs is 1. The van der Waals surface area contributed by atoms with Crippen LogP contribution in [-0.2, 0) is 24.3 Å². The number of hydrogen-bond acceptors (Lipinski definition) is 4. The predicted octanol–water partition coefficient (Wildman–Crippen LogP) is 0.401. The Hall–Kier alpha value is -2.64. The van der Waals surface area contributed by atoms with Gasteiger partial charge in [0.05, 0.1) is 17.5 Å². The van der Waals surface area contributed by atoms with E-state index < -0.39 is 0 Å². The summed E-state index contributed by atoms with van der Waals surface area (Å²) in [5.41, 5.74) is 1.80. The smallest absolute Gasteiger partial charge is 0.257 e. The van der Waals surface area contributed by atoms with Crippen LogP contribution in [-0.4, -0.2) is 67.4 Å². The van der Waals surface area contributed by atoms with E-state index in [0.717, 1.165) is 37.1 Å². The minimum Gasteiger partial charge on any atom is -0.338 e. The standard InChI is InChI=1S/C17H22N6O2/c24-16(13-22-6-3-5-18-22)20-8-10-21(11-9-20)17(25)14-12-19-23-7-2-1-4-15(14)23/h3,5-6,12H,1-2,4,7-11,13H2. The molecule has 8 heteroatoms. The van der Waals surface area contributed by atoms with Crippen molar-refractivity contribution in [3.8, 4) is 0 Å². The SMILES string of the molecule is O=C(Cn1cccn1)N1CCN(C(=O)c2cnn3c2CCCC3)CC1. The van der Waals surface area contributed by atoms with Gasteiger partial charge in [-0.1, -0.05) is 0 Å². The molecule has 0 aliphatic carbocycles. The molecule has 2 aromatic rings. The van der Waals surface area contributed by atoms with Crippen LogP contribution in [0.3, 0.4) is 0 Å². The van der Waals surface area contributed by atoms with Crippen LogP contribution in [0.4, 0.5) is 0 Å². The summed E-state index contributed by atoms with van der Waals surface area (Å²) in [6, 6.07) is 1.80. The van der Waals surface area contributed by atoms with E-state index in [0.29, 0.717) is 26.2 Å².